The van der Waals surface area contributed by atoms with Crippen LogP contribution < -0.4 is 9.47 Å². The molecule has 94 valence electrons. The molecular formula is C13H18O4. The van der Waals surface area contributed by atoms with Crippen LogP contribution in [0.15, 0.2) is 24.3 Å². The molecule has 0 saturated carbocycles. The van der Waals surface area contributed by atoms with Gasteiger partial charge in [0.15, 0.2) is 5.60 Å². The molecule has 0 fully saturated rings. The first-order chi connectivity index (χ1) is 7.95. The van der Waals surface area contributed by atoms with E-state index < -0.39 is 11.6 Å². The van der Waals surface area contributed by atoms with E-state index >= 15 is 0 Å². The monoisotopic (exact) mass is 238 g/mol. The quantitative estimate of drug-likeness (QED) is 0.827. The smallest absolute Gasteiger partial charge is 0.347 e. The molecule has 0 unspecified atom stereocenters. The van der Waals surface area contributed by atoms with Crippen LogP contribution in [0.1, 0.15) is 27.2 Å². The molecule has 0 bridgehead atoms. The van der Waals surface area contributed by atoms with E-state index in [-0.39, 0.29) is 0 Å². The molecule has 4 nitrogen and oxygen atoms in total. The zero-order valence-electron chi connectivity index (χ0n) is 10.4. The number of ether oxygens (including phenoxy) is 2. The van der Waals surface area contributed by atoms with E-state index in [1.165, 1.54) is 13.8 Å². The summed E-state index contributed by atoms with van der Waals surface area (Å²) < 4.78 is 10.8. The lowest BCUT2D eigenvalue weighted by atomic mass is 10.1. The van der Waals surface area contributed by atoms with Crippen molar-refractivity contribution >= 4 is 5.97 Å². The SMILES string of the molecule is CCCOc1ccc(OC(C)(C)C(=O)O)cc1. The average Bonchev–Trinajstić information content (AvgIpc) is 2.27. The number of hydrogen-bond donors (Lipinski definition) is 1. The lowest BCUT2D eigenvalue weighted by Crippen LogP contribution is -2.37. The molecule has 0 aromatic heterocycles. The van der Waals surface area contributed by atoms with Crippen LogP contribution in [0.3, 0.4) is 0 Å². The first-order valence-electron chi connectivity index (χ1n) is 5.61. The minimum Gasteiger partial charge on any atom is -0.494 e. The van der Waals surface area contributed by atoms with Gasteiger partial charge in [0.1, 0.15) is 11.5 Å². The van der Waals surface area contributed by atoms with Gasteiger partial charge in [0.2, 0.25) is 0 Å². The Labute approximate surface area is 101 Å². The zero-order valence-corrected chi connectivity index (χ0v) is 10.4. The molecular weight excluding hydrogens is 220 g/mol. The fourth-order valence-electron chi connectivity index (χ4n) is 1.16. The molecule has 1 aromatic rings. The Balaban J connectivity index is 2.65. The highest BCUT2D eigenvalue weighted by molar-refractivity contribution is 5.76. The second kappa shape index (κ2) is 5.57. The molecule has 0 aliphatic heterocycles. The Morgan fingerprint density at radius 1 is 1.24 bits per heavy atom. The first-order valence-corrected chi connectivity index (χ1v) is 5.61. The zero-order chi connectivity index (χ0) is 12.9. The predicted octanol–water partition coefficient (Wildman–Crippen LogP) is 2.72. The lowest BCUT2D eigenvalue weighted by Gasteiger charge is -2.21. The first kappa shape index (κ1) is 13.4. The Kier molecular flexibility index (Phi) is 4.37. The normalized spacial score (nSPS) is 11.0. The van der Waals surface area contributed by atoms with Gasteiger partial charge in [-0.05, 0) is 44.5 Å². The molecule has 0 aliphatic rings. The van der Waals surface area contributed by atoms with Crippen LogP contribution in [-0.4, -0.2) is 23.3 Å². The van der Waals surface area contributed by atoms with Crippen LogP contribution in [0.25, 0.3) is 0 Å². The molecule has 0 spiro atoms. The highest BCUT2D eigenvalue weighted by atomic mass is 16.5. The number of benzene rings is 1. The summed E-state index contributed by atoms with van der Waals surface area (Å²) in [7, 11) is 0. The van der Waals surface area contributed by atoms with Gasteiger partial charge in [0.25, 0.3) is 0 Å². The third kappa shape index (κ3) is 3.98. The molecule has 0 amide bonds. The summed E-state index contributed by atoms with van der Waals surface area (Å²) >= 11 is 0. The summed E-state index contributed by atoms with van der Waals surface area (Å²) in [5.41, 5.74) is -1.23. The Morgan fingerprint density at radius 3 is 2.24 bits per heavy atom. The van der Waals surface area contributed by atoms with Gasteiger partial charge >= 0.3 is 5.97 Å². The topological polar surface area (TPSA) is 55.8 Å². The summed E-state index contributed by atoms with van der Waals surface area (Å²) in [6, 6.07) is 6.94. The Bertz CT molecular complexity index is 368. The minimum absolute atomic E-state index is 0.515. The fraction of sp³-hybridized carbons (Fsp3) is 0.462. The number of carboxylic acids is 1. The summed E-state index contributed by atoms with van der Waals surface area (Å²) in [5, 5.41) is 8.92. The van der Waals surface area contributed by atoms with Gasteiger partial charge in [0.05, 0.1) is 6.61 Å². The standard InChI is InChI=1S/C13H18O4/c1-4-9-16-10-5-7-11(8-6-10)17-13(2,3)12(14)15/h5-8H,4,9H2,1-3H3,(H,14,15). The maximum Gasteiger partial charge on any atom is 0.347 e. The van der Waals surface area contributed by atoms with Crippen LogP contribution in [0.2, 0.25) is 0 Å². The van der Waals surface area contributed by atoms with E-state index in [2.05, 4.69) is 0 Å². The van der Waals surface area contributed by atoms with Crippen molar-refractivity contribution in [3.8, 4) is 11.5 Å². The molecule has 0 radical (unpaired) electrons. The lowest BCUT2D eigenvalue weighted by molar-refractivity contribution is -0.152. The van der Waals surface area contributed by atoms with Gasteiger partial charge in [-0.1, -0.05) is 6.92 Å². The molecule has 0 saturated heterocycles. The molecule has 0 atom stereocenters. The van der Waals surface area contributed by atoms with E-state index in [0.717, 1.165) is 12.2 Å². The van der Waals surface area contributed by atoms with Crippen molar-refractivity contribution in [3.05, 3.63) is 24.3 Å². The van der Waals surface area contributed by atoms with Gasteiger partial charge in [0, 0.05) is 0 Å². The number of carbonyl (C=O) groups is 1. The summed E-state index contributed by atoms with van der Waals surface area (Å²) in [4.78, 5) is 10.9. The summed E-state index contributed by atoms with van der Waals surface area (Å²) in [6.45, 7) is 5.72. The fourth-order valence-corrected chi connectivity index (χ4v) is 1.16. The van der Waals surface area contributed by atoms with Crippen LogP contribution in [-0.2, 0) is 4.79 Å². The van der Waals surface area contributed by atoms with Crippen LogP contribution in [0.5, 0.6) is 11.5 Å². The molecule has 1 aromatic carbocycles. The van der Waals surface area contributed by atoms with Gasteiger partial charge < -0.3 is 14.6 Å². The number of carboxylic acid groups (broad SMARTS) is 1. The molecule has 1 N–H and O–H groups in total. The summed E-state index contributed by atoms with van der Waals surface area (Å²) in [5.74, 6) is 0.275. The molecule has 4 heteroatoms. The van der Waals surface area contributed by atoms with E-state index in [0.29, 0.717) is 12.4 Å². The third-order valence-electron chi connectivity index (χ3n) is 2.18. The van der Waals surface area contributed by atoms with Crippen molar-refractivity contribution in [2.75, 3.05) is 6.61 Å². The third-order valence-corrected chi connectivity index (χ3v) is 2.18. The van der Waals surface area contributed by atoms with Crippen molar-refractivity contribution in [3.63, 3.8) is 0 Å². The number of hydrogen-bond acceptors (Lipinski definition) is 3. The maximum absolute atomic E-state index is 10.9. The van der Waals surface area contributed by atoms with Gasteiger partial charge in [-0.2, -0.15) is 0 Å². The second-order valence-electron chi connectivity index (χ2n) is 4.24. The molecule has 17 heavy (non-hydrogen) atoms. The summed E-state index contributed by atoms with van der Waals surface area (Å²) in [6.07, 6.45) is 0.949. The number of aliphatic carboxylic acids is 1. The van der Waals surface area contributed by atoms with Crippen LogP contribution in [0.4, 0.5) is 0 Å². The minimum atomic E-state index is -1.23. The van der Waals surface area contributed by atoms with E-state index in [1.807, 2.05) is 6.92 Å². The molecule has 0 heterocycles. The van der Waals surface area contributed by atoms with Crippen molar-refractivity contribution in [1.82, 2.24) is 0 Å². The van der Waals surface area contributed by atoms with Crippen LogP contribution >= 0.6 is 0 Å². The van der Waals surface area contributed by atoms with Crippen molar-refractivity contribution < 1.29 is 19.4 Å². The Morgan fingerprint density at radius 2 is 1.76 bits per heavy atom. The van der Waals surface area contributed by atoms with Gasteiger partial charge in [-0.25, -0.2) is 4.79 Å². The molecule has 1 rings (SSSR count). The van der Waals surface area contributed by atoms with Crippen LogP contribution in [0, 0.1) is 0 Å². The number of rotatable bonds is 6. The van der Waals surface area contributed by atoms with E-state index in [1.54, 1.807) is 24.3 Å². The Hall–Kier alpha value is -1.71. The highest BCUT2D eigenvalue weighted by Gasteiger charge is 2.29. The van der Waals surface area contributed by atoms with E-state index in [4.69, 9.17) is 14.6 Å². The van der Waals surface area contributed by atoms with Crippen molar-refractivity contribution in [1.29, 1.82) is 0 Å². The predicted molar refractivity (Wildman–Crippen MR) is 64.6 cm³/mol. The van der Waals surface area contributed by atoms with Gasteiger partial charge in [-0.15, -0.1) is 0 Å². The van der Waals surface area contributed by atoms with Gasteiger partial charge in [-0.3, -0.25) is 0 Å². The highest BCUT2D eigenvalue weighted by Crippen LogP contribution is 2.22. The largest absolute Gasteiger partial charge is 0.494 e. The maximum atomic E-state index is 10.9. The second-order valence-corrected chi connectivity index (χ2v) is 4.24. The van der Waals surface area contributed by atoms with E-state index in [9.17, 15) is 4.79 Å². The average molecular weight is 238 g/mol. The molecule has 0 aliphatic carbocycles. The van der Waals surface area contributed by atoms with Crippen molar-refractivity contribution in [2.45, 2.75) is 32.8 Å². The van der Waals surface area contributed by atoms with Crippen molar-refractivity contribution in [2.24, 2.45) is 0 Å².